The molecule has 6 heteroatoms. The number of amidine groups is 1. The van der Waals surface area contributed by atoms with Crippen LogP contribution in [0.15, 0.2) is 63.3 Å². The third kappa shape index (κ3) is 3.86. The molecule has 1 saturated heterocycles. The Labute approximate surface area is 160 Å². The van der Waals surface area contributed by atoms with Crippen molar-refractivity contribution >= 4 is 27.0 Å². The zero-order valence-corrected chi connectivity index (χ0v) is 16.2. The maximum atomic E-state index is 13.0. The predicted molar refractivity (Wildman–Crippen MR) is 108 cm³/mol. The molecule has 5 nitrogen and oxygen atoms in total. The van der Waals surface area contributed by atoms with Crippen LogP contribution in [0.3, 0.4) is 0 Å². The Kier molecular flexibility index (Phi) is 4.91. The number of nitrogen functional groups attached to an aromatic ring is 1. The lowest BCUT2D eigenvalue weighted by molar-refractivity contribution is 0.335. The number of nitrogens with zero attached hydrogens (tertiary/aromatic N) is 2. The van der Waals surface area contributed by atoms with Gasteiger partial charge in [0.25, 0.3) is 0 Å². The number of benzene rings is 2. The average Bonchev–Trinajstić information content (AvgIpc) is 3.52. The molecule has 0 radical (unpaired) electrons. The van der Waals surface area contributed by atoms with E-state index in [9.17, 15) is 8.42 Å². The van der Waals surface area contributed by atoms with E-state index in [1.54, 1.807) is 42.5 Å². The van der Waals surface area contributed by atoms with Gasteiger partial charge in [0.1, 0.15) is 5.84 Å². The standard InChI is InChI=1S/C21H25N3O2S/c22-19-9-2-3-10-20(19)27(25,26)18-8-6-7-17(15-18)23-21(16-11-12-16)24-13-4-1-5-14-24/h2-3,6-10,15-16H,1,4-5,11-14,22H2. The molecule has 1 heterocycles. The van der Waals surface area contributed by atoms with Crippen LogP contribution < -0.4 is 5.73 Å². The fraction of sp³-hybridized carbons (Fsp3) is 0.381. The van der Waals surface area contributed by atoms with Gasteiger partial charge in [-0.1, -0.05) is 18.2 Å². The first-order valence-electron chi connectivity index (χ1n) is 9.59. The number of hydrogen-bond donors (Lipinski definition) is 1. The van der Waals surface area contributed by atoms with E-state index in [1.165, 1.54) is 32.1 Å². The quantitative estimate of drug-likeness (QED) is 0.491. The van der Waals surface area contributed by atoms with Crippen LogP contribution in [0.2, 0.25) is 0 Å². The van der Waals surface area contributed by atoms with Crippen molar-refractivity contribution in [2.24, 2.45) is 10.9 Å². The molecule has 0 bridgehead atoms. The van der Waals surface area contributed by atoms with Crippen molar-refractivity contribution in [3.8, 4) is 0 Å². The molecule has 2 aromatic carbocycles. The first kappa shape index (κ1) is 18.0. The number of piperidine rings is 1. The second kappa shape index (κ2) is 7.35. The number of nitrogens with two attached hydrogens (primary N) is 1. The number of likely N-dealkylation sites (tertiary alicyclic amines) is 1. The van der Waals surface area contributed by atoms with Gasteiger partial charge < -0.3 is 10.6 Å². The van der Waals surface area contributed by atoms with E-state index in [2.05, 4.69) is 4.90 Å². The molecule has 2 aliphatic rings. The molecule has 1 aliphatic heterocycles. The van der Waals surface area contributed by atoms with Crippen LogP contribution in [-0.2, 0) is 9.84 Å². The number of hydrogen-bond acceptors (Lipinski definition) is 4. The number of rotatable bonds is 4. The van der Waals surface area contributed by atoms with Crippen LogP contribution in [0, 0.1) is 5.92 Å². The predicted octanol–water partition coefficient (Wildman–Crippen LogP) is 4.03. The lowest BCUT2D eigenvalue weighted by atomic mass is 10.1. The molecule has 0 aromatic heterocycles. The van der Waals surface area contributed by atoms with Gasteiger partial charge >= 0.3 is 0 Å². The minimum atomic E-state index is -3.67. The molecule has 1 saturated carbocycles. The topological polar surface area (TPSA) is 75.8 Å². The Bertz CT molecular complexity index is 959. The Morgan fingerprint density at radius 3 is 2.44 bits per heavy atom. The number of para-hydroxylation sites is 1. The number of anilines is 1. The Hall–Kier alpha value is -2.34. The highest BCUT2D eigenvalue weighted by atomic mass is 32.2. The van der Waals surface area contributed by atoms with Gasteiger partial charge in [-0.15, -0.1) is 0 Å². The van der Waals surface area contributed by atoms with Crippen LogP contribution in [-0.4, -0.2) is 32.2 Å². The molecule has 0 unspecified atom stereocenters. The maximum Gasteiger partial charge on any atom is 0.208 e. The van der Waals surface area contributed by atoms with Crippen molar-refractivity contribution in [2.45, 2.75) is 41.9 Å². The summed E-state index contributed by atoms with van der Waals surface area (Å²) in [5.41, 5.74) is 6.85. The molecule has 4 rings (SSSR count). The summed E-state index contributed by atoms with van der Waals surface area (Å²) in [6.07, 6.45) is 6.03. The second-order valence-corrected chi connectivity index (χ2v) is 9.25. The lowest BCUT2D eigenvalue weighted by Crippen LogP contribution is -2.36. The smallest absolute Gasteiger partial charge is 0.208 e. The minimum Gasteiger partial charge on any atom is -0.398 e. The molecule has 1 aliphatic carbocycles. The molecule has 0 spiro atoms. The van der Waals surface area contributed by atoms with Crippen LogP contribution >= 0.6 is 0 Å². The molecular formula is C21H25N3O2S. The summed E-state index contributed by atoms with van der Waals surface area (Å²) < 4.78 is 26.0. The number of sulfone groups is 1. The third-order valence-electron chi connectivity index (χ3n) is 5.20. The average molecular weight is 384 g/mol. The van der Waals surface area contributed by atoms with Gasteiger partial charge in [-0.05, 0) is 62.4 Å². The molecule has 142 valence electrons. The van der Waals surface area contributed by atoms with Crippen molar-refractivity contribution in [3.05, 3.63) is 48.5 Å². The zero-order valence-electron chi connectivity index (χ0n) is 15.3. The summed E-state index contributed by atoms with van der Waals surface area (Å²) in [7, 11) is -3.67. The molecule has 2 aromatic rings. The fourth-order valence-electron chi connectivity index (χ4n) is 3.59. The van der Waals surface area contributed by atoms with Crippen LogP contribution in [0.1, 0.15) is 32.1 Å². The molecule has 0 amide bonds. The highest BCUT2D eigenvalue weighted by molar-refractivity contribution is 7.91. The molecular weight excluding hydrogens is 358 g/mol. The Balaban J connectivity index is 1.69. The SMILES string of the molecule is Nc1ccccc1S(=O)(=O)c1cccc(N=C(C2CC2)N2CCCCC2)c1. The molecule has 0 atom stereocenters. The summed E-state index contributed by atoms with van der Waals surface area (Å²) in [5, 5.41) is 0. The van der Waals surface area contributed by atoms with Crippen molar-refractivity contribution in [3.63, 3.8) is 0 Å². The first-order valence-corrected chi connectivity index (χ1v) is 11.1. The summed E-state index contributed by atoms with van der Waals surface area (Å²) in [4.78, 5) is 7.64. The van der Waals surface area contributed by atoms with Gasteiger partial charge in [-0.2, -0.15) is 0 Å². The van der Waals surface area contributed by atoms with E-state index >= 15 is 0 Å². The van der Waals surface area contributed by atoms with E-state index in [4.69, 9.17) is 10.7 Å². The largest absolute Gasteiger partial charge is 0.398 e. The Morgan fingerprint density at radius 2 is 1.74 bits per heavy atom. The second-order valence-electron chi connectivity index (χ2n) is 7.33. The lowest BCUT2D eigenvalue weighted by Gasteiger charge is -2.30. The van der Waals surface area contributed by atoms with Crippen molar-refractivity contribution < 1.29 is 8.42 Å². The van der Waals surface area contributed by atoms with Crippen molar-refractivity contribution in [2.75, 3.05) is 18.8 Å². The normalized spacial score (nSPS) is 18.5. The molecule has 27 heavy (non-hydrogen) atoms. The van der Waals surface area contributed by atoms with Crippen LogP contribution in [0.4, 0.5) is 11.4 Å². The van der Waals surface area contributed by atoms with E-state index in [0.717, 1.165) is 18.9 Å². The highest BCUT2D eigenvalue weighted by Gasteiger charge is 2.32. The first-order chi connectivity index (χ1) is 13.1. The van der Waals surface area contributed by atoms with Gasteiger partial charge in [0, 0.05) is 19.0 Å². The Morgan fingerprint density at radius 1 is 1.00 bits per heavy atom. The summed E-state index contributed by atoms with van der Waals surface area (Å²) in [5.74, 6) is 1.65. The third-order valence-corrected chi connectivity index (χ3v) is 7.03. The van der Waals surface area contributed by atoms with E-state index in [0.29, 0.717) is 11.6 Å². The van der Waals surface area contributed by atoms with E-state index < -0.39 is 9.84 Å². The maximum absolute atomic E-state index is 13.0. The zero-order chi connectivity index (χ0) is 18.9. The van der Waals surface area contributed by atoms with Gasteiger partial charge in [-0.3, -0.25) is 0 Å². The molecule has 2 fully saturated rings. The summed E-state index contributed by atoms with van der Waals surface area (Å²) in [6.45, 7) is 2.10. The van der Waals surface area contributed by atoms with Crippen LogP contribution in [0.5, 0.6) is 0 Å². The summed E-state index contributed by atoms with van der Waals surface area (Å²) >= 11 is 0. The monoisotopic (exact) mass is 383 g/mol. The van der Waals surface area contributed by atoms with Gasteiger partial charge in [0.15, 0.2) is 0 Å². The van der Waals surface area contributed by atoms with Gasteiger partial charge in [-0.25, -0.2) is 13.4 Å². The van der Waals surface area contributed by atoms with Gasteiger partial charge in [0.2, 0.25) is 9.84 Å². The fourth-order valence-corrected chi connectivity index (χ4v) is 5.01. The van der Waals surface area contributed by atoms with E-state index in [-0.39, 0.29) is 15.5 Å². The van der Waals surface area contributed by atoms with E-state index in [1.807, 2.05) is 6.07 Å². The highest BCUT2D eigenvalue weighted by Crippen LogP contribution is 2.35. The van der Waals surface area contributed by atoms with Crippen molar-refractivity contribution in [1.29, 1.82) is 0 Å². The van der Waals surface area contributed by atoms with Crippen molar-refractivity contribution in [1.82, 2.24) is 4.90 Å². The summed E-state index contributed by atoms with van der Waals surface area (Å²) in [6, 6.07) is 13.5. The molecule has 2 N–H and O–H groups in total. The van der Waals surface area contributed by atoms with Crippen LogP contribution in [0.25, 0.3) is 0 Å². The minimum absolute atomic E-state index is 0.143. The van der Waals surface area contributed by atoms with Gasteiger partial charge in [0.05, 0.1) is 21.2 Å². The number of aliphatic imine (C=N–C) groups is 1.